The second-order valence-electron chi connectivity index (χ2n) is 7.87. The fourth-order valence-electron chi connectivity index (χ4n) is 3.59. The Morgan fingerprint density at radius 1 is 1.03 bits per heavy atom. The fraction of sp³-hybridized carbons (Fsp3) is 0.240. The first-order chi connectivity index (χ1) is 15.8. The molecule has 0 unspecified atom stereocenters. The SMILES string of the molecule is CCOc1ccc(NC(=O)[C@H]2CN(S(=O)(=O)c3ccc(C)cc3)c3cc(C)ccc3O2)cc1. The van der Waals surface area contributed by atoms with E-state index in [9.17, 15) is 13.2 Å². The van der Waals surface area contributed by atoms with E-state index < -0.39 is 22.0 Å². The molecule has 1 N–H and O–H groups in total. The molecule has 8 heteroatoms. The molecule has 0 saturated heterocycles. The lowest BCUT2D eigenvalue weighted by Gasteiger charge is -2.35. The van der Waals surface area contributed by atoms with Crippen molar-refractivity contribution in [1.82, 2.24) is 0 Å². The molecular weight excluding hydrogens is 440 g/mol. The topological polar surface area (TPSA) is 84.9 Å². The molecule has 0 spiro atoms. The van der Waals surface area contributed by atoms with Gasteiger partial charge in [-0.3, -0.25) is 9.10 Å². The summed E-state index contributed by atoms with van der Waals surface area (Å²) in [4.78, 5) is 13.2. The van der Waals surface area contributed by atoms with Crippen molar-refractivity contribution in [3.8, 4) is 11.5 Å². The number of benzene rings is 3. The third-order valence-electron chi connectivity index (χ3n) is 5.32. The van der Waals surface area contributed by atoms with Crippen LogP contribution < -0.4 is 19.1 Å². The molecular formula is C25H26N2O5S. The first-order valence-corrected chi connectivity index (χ1v) is 12.1. The smallest absolute Gasteiger partial charge is 0.267 e. The number of aryl methyl sites for hydroxylation is 2. The lowest BCUT2D eigenvalue weighted by atomic mass is 10.1. The number of fused-ring (bicyclic) bond motifs is 1. The number of hydrogen-bond donors (Lipinski definition) is 1. The molecule has 0 saturated carbocycles. The lowest BCUT2D eigenvalue weighted by Crippen LogP contribution is -2.48. The van der Waals surface area contributed by atoms with Crippen molar-refractivity contribution in [2.75, 3.05) is 22.8 Å². The van der Waals surface area contributed by atoms with E-state index in [-0.39, 0.29) is 11.4 Å². The van der Waals surface area contributed by atoms with Crippen molar-refractivity contribution in [1.29, 1.82) is 0 Å². The Bertz CT molecular complexity index is 1250. The van der Waals surface area contributed by atoms with Crippen LogP contribution in [0, 0.1) is 13.8 Å². The average Bonchev–Trinajstić information content (AvgIpc) is 2.80. The Balaban J connectivity index is 1.63. The number of nitrogens with one attached hydrogen (secondary N) is 1. The second-order valence-corrected chi connectivity index (χ2v) is 9.74. The van der Waals surface area contributed by atoms with Gasteiger partial charge in [-0.15, -0.1) is 0 Å². The van der Waals surface area contributed by atoms with Crippen molar-refractivity contribution in [3.63, 3.8) is 0 Å². The van der Waals surface area contributed by atoms with Crippen LogP contribution in [-0.4, -0.2) is 33.6 Å². The minimum Gasteiger partial charge on any atom is -0.494 e. The molecule has 0 aliphatic carbocycles. The minimum atomic E-state index is -3.90. The first kappa shape index (κ1) is 22.7. The normalized spacial score (nSPS) is 15.4. The summed E-state index contributed by atoms with van der Waals surface area (Å²) in [6, 6.07) is 18.9. The van der Waals surface area contributed by atoms with Crippen molar-refractivity contribution in [2.24, 2.45) is 0 Å². The number of rotatable bonds is 6. The fourth-order valence-corrected chi connectivity index (χ4v) is 5.05. The van der Waals surface area contributed by atoms with E-state index in [1.54, 1.807) is 60.7 Å². The summed E-state index contributed by atoms with van der Waals surface area (Å²) in [5, 5.41) is 2.80. The molecule has 33 heavy (non-hydrogen) atoms. The lowest BCUT2D eigenvalue weighted by molar-refractivity contribution is -0.122. The summed E-state index contributed by atoms with van der Waals surface area (Å²) in [6.07, 6.45) is -1.02. The van der Waals surface area contributed by atoms with Gasteiger partial charge in [-0.1, -0.05) is 23.8 Å². The van der Waals surface area contributed by atoms with Gasteiger partial charge in [0.2, 0.25) is 0 Å². The van der Waals surface area contributed by atoms with Crippen LogP contribution in [0.1, 0.15) is 18.1 Å². The number of carbonyl (C=O) groups excluding carboxylic acids is 1. The monoisotopic (exact) mass is 466 g/mol. The Labute approximate surface area is 194 Å². The van der Waals surface area contributed by atoms with Gasteiger partial charge in [-0.25, -0.2) is 8.42 Å². The van der Waals surface area contributed by atoms with Gasteiger partial charge in [-0.05, 0) is 74.9 Å². The van der Waals surface area contributed by atoms with E-state index in [1.807, 2.05) is 26.8 Å². The Hall–Kier alpha value is -3.52. The molecule has 0 bridgehead atoms. The molecule has 1 aliphatic heterocycles. The molecule has 172 valence electrons. The van der Waals surface area contributed by atoms with Crippen LogP contribution in [0.15, 0.2) is 71.6 Å². The predicted octanol–water partition coefficient (Wildman–Crippen LogP) is 4.30. The molecule has 4 rings (SSSR count). The summed E-state index contributed by atoms with van der Waals surface area (Å²) < 4.78 is 39.6. The van der Waals surface area contributed by atoms with E-state index in [1.165, 1.54) is 4.31 Å². The quantitative estimate of drug-likeness (QED) is 0.586. The van der Waals surface area contributed by atoms with Crippen LogP contribution in [-0.2, 0) is 14.8 Å². The van der Waals surface area contributed by atoms with Gasteiger partial charge in [0.25, 0.3) is 15.9 Å². The largest absolute Gasteiger partial charge is 0.494 e. The number of ether oxygens (including phenoxy) is 2. The zero-order valence-corrected chi connectivity index (χ0v) is 19.6. The van der Waals surface area contributed by atoms with Crippen molar-refractivity contribution in [3.05, 3.63) is 77.9 Å². The summed E-state index contributed by atoms with van der Waals surface area (Å²) >= 11 is 0. The highest BCUT2D eigenvalue weighted by atomic mass is 32.2. The molecule has 0 radical (unpaired) electrons. The van der Waals surface area contributed by atoms with Gasteiger partial charge in [-0.2, -0.15) is 0 Å². The molecule has 0 aromatic heterocycles. The van der Waals surface area contributed by atoms with Crippen LogP contribution in [0.25, 0.3) is 0 Å². The number of sulfonamides is 1. The Morgan fingerprint density at radius 3 is 2.36 bits per heavy atom. The van der Waals surface area contributed by atoms with Crippen LogP contribution >= 0.6 is 0 Å². The summed E-state index contributed by atoms with van der Waals surface area (Å²) in [5.41, 5.74) is 2.83. The van der Waals surface area contributed by atoms with Crippen molar-refractivity contribution in [2.45, 2.75) is 31.8 Å². The number of hydrogen-bond acceptors (Lipinski definition) is 5. The van der Waals surface area contributed by atoms with Gasteiger partial charge in [0.15, 0.2) is 6.10 Å². The van der Waals surface area contributed by atoms with E-state index in [2.05, 4.69) is 5.32 Å². The van der Waals surface area contributed by atoms with E-state index in [0.29, 0.717) is 29.5 Å². The maximum atomic E-state index is 13.5. The van der Waals surface area contributed by atoms with Crippen LogP contribution in [0.2, 0.25) is 0 Å². The average molecular weight is 467 g/mol. The van der Waals surface area contributed by atoms with E-state index >= 15 is 0 Å². The van der Waals surface area contributed by atoms with Gasteiger partial charge in [0.05, 0.1) is 23.7 Å². The number of anilines is 2. The summed E-state index contributed by atoms with van der Waals surface area (Å²) in [6.45, 7) is 6.07. The van der Waals surface area contributed by atoms with Gasteiger partial charge < -0.3 is 14.8 Å². The van der Waals surface area contributed by atoms with Crippen LogP contribution in [0.5, 0.6) is 11.5 Å². The summed E-state index contributed by atoms with van der Waals surface area (Å²) in [5.74, 6) is 0.605. The molecule has 1 atom stereocenters. The molecule has 3 aromatic carbocycles. The number of amides is 1. The molecule has 1 amide bonds. The molecule has 3 aromatic rings. The van der Waals surface area contributed by atoms with Gasteiger partial charge in [0, 0.05) is 5.69 Å². The maximum absolute atomic E-state index is 13.5. The molecule has 7 nitrogen and oxygen atoms in total. The maximum Gasteiger partial charge on any atom is 0.267 e. The van der Waals surface area contributed by atoms with Crippen LogP contribution in [0.4, 0.5) is 11.4 Å². The highest BCUT2D eigenvalue weighted by Crippen LogP contribution is 2.38. The molecule has 1 aliphatic rings. The summed E-state index contributed by atoms with van der Waals surface area (Å²) in [7, 11) is -3.90. The minimum absolute atomic E-state index is 0.143. The molecule has 1 heterocycles. The van der Waals surface area contributed by atoms with E-state index in [4.69, 9.17) is 9.47 Å². The third-order valence-corrected chi connectivity index (χ3v) is 7.11. The number of carbonyl (C=O) groups is 1. The Morgan fingerprint density at radius 2 is 1.70 bits per heavy atom. The first-order valence-electron chi connectivity index (χ1n) is 10.7. The number of nitrogens with zero attached hydrogens (tertiary/aromatic N) is 1. The zero-order valence-electron chi connectivity index (χ0n) is 18.7. The van der Waals surface area contributed by atoms with Gasteiger partial charge in [0.1, 0.15) is 11.5 Å². The van der Waals surface area contributed by atoms with Crippen LogP contribution in [0.3, 0.4) is 0 Å². The van der Waals surface area contributed by atoms with Crippen molar-refractivity contribution < 1.29 is 22.7 Å². The highest BCUT2D eigenvalue weighted by Gasteiger charge is 2.37. The van der Waals surface area contributed by atoms with E-state index in [0.717, 1.165) is 11.1 Å². The predicted molar refractivity (Wildman–Crippen MR) is 128 cm³/mol. The Kier molecular flexibility index (Phi) is 6.29. The highest BCUT2D eigenvalue weighted by molar-refractivity contribution is 7.92. The standard InChI is InChI=1S/C25H26N2O5S/c1-4-31-20-10-8-19(9-11-20)26-25(28)24-16-27(22-15-18(3)7-14-23(22)32-24)33(29,30)21-12-5-17(2)6-13-21/h5-15,24H,4,16H2,1-3H3,(H,26,28)/t24-/m1/s1. The van der Waals surface area contributed by atoms with Crippen molar-refractivity contribution >= 4 is 27.3 Å². The second kappa shape index (κ2) is 9.15. The zero-order chi connectivity index (χ0) is 23.6. The van der Waals surface area contributed by atoms with Gasteiger partial charge >= 0.3 is 0 Å². The third kappa shape index (κ3) is 4.80. The molecule has 0 fully saturated rings.